The summed E-state index contributed by atoms with van der Waals surface area (Å²) in [5, 5.41) is 4.95. The quantitative estimate of drug-likeness (QED) is 0.816. The van der Waals surface area contributed by atoms with Crippen molar-refractivity contribution < 1.29 is 22.3 Å². The molecular formula is C14H11BrFNO4S. The summed E-state index contributed by atoms with van der Waals surface area (Å²) in [5.74, 6) is -1.85. The van der Waals surface area contributed by atoms with Crippen LogP contribution in [0.1, 0.15) is 15.9 Å². The van der Waals surface area contributed by atoms with E-state index >= 15 is 0 Å². The van der Waals surface area contributed by atoms with E-state index in [9.17, 15) is 17.6 Å². The van der Waals surface area contributed by atoms with Crippen LogP contribution in [-0.4, -0.2) is 14.4 Å². The van der Waals surface area contributed by atoms with Crippen LogP contribution in [0, 0.1) is 5.82 Å². The Labute approximate surface area is 135 Å². The van der Waals surface area contributed by atoms with Gasteiger partial charge in [-0.05, 0) is 35.9 Å². The molecule has 0 saturated heterocycles. The molecule has 0 amide bonds. The maximum atomic E-state index is 13.6. The Morgan fingerprint density at radius 2 is 1.82 bits per heavy atom. The van der Waals surface area contributed by atoms with E-state index in [4.69, 9.17) is 9.88 Å². The number of carbonyl (C=O) groups excluding carboxylic acids is 1. The number of carbonyl (C=O) groups is 1. The molecule has 0 fully saturated rings. The zero-order chi connectivity index (χ0) is 16.3. The summed E-state index contributed by atoms with van der Waals surface area (Å²) in [6, 6.07) is 9.69. The molecule has 0 aliphatic rings. The third-order valence-electron chi connectivity index (χ3n) is 2.77. The zero-order valence-corrected chi connectivity index (χ0v) is 13.5. The Morgan fingerprint density at radius 1 is 1.18 bits per heavy atom. The second kappa shape index (κ2) is 6.55. The Balaban J connectivity index is 2.17. The molecule has 2 rings (SSSR count). The molecule has 8 heteroatoms. The first-order valence-electron chi connectivity index (χ1n) is 6.01. The lowest BCUT2D eigenvalue weighted by atomic mass is 10.2. The van der Waals surface area contributed by atoms with Gasteiger partial charge in [0.2, 0.25) is 10.0 Å². The third kappa shape index (κ3) is 4.12. The molecule has 0 aliphatic carbocycles. The fourth-order valence-electron chi connectivity index (χ4n) is 1.65. The van der Waals surface area contributed by atoms with Crippen LogP contribution in [0.4, 0.5) is 4.39 Å². The molecule has 0 unspecified atom stereocenters. The van der Waals surface area contributed by atoms with Gasteiger partial charge in [0.25, 0.3) is 0 Å². The second-order valence-electron chi connectivity index (χ2n) is 4.39. The first-order chi connectivity index (χ1) is 10.3. The van der Waals surface area contributed by atoms with Crippen molar-refractivity contribution in [3.05, 3.63) is 63.9 Å². The molecule has 0 atom stereocenters. The normalized spacial score (nSPS) is 11.2. The summed E-state index contributed by atoms with van der Waals surface area (Å²) < 4.78 is 41.9. The number of ether oxygens (including phenoxy) is 1. The fraction of sp³-hybridized carbons (Fsp3) is 0.0714. The van der Waals surface area contributed by atoms with E-state index in [2.05, 4.69) is 15.9 Å². The smallest absolute Gasteiger partial charge is 0.341 e. The fourth-order valence-corrected chi connectivity index (χ4v) is 2.45. The summed E-state index contributed by atoms with van der Waals surface area (Å²) in [5.41, 5.74) is 0.225. The molecule has 0 radical (unpaired) electrons. The van der Waals surface area contributed by atoms with Crippen molar-refractivity contribution in [3.8, 4) is 0 Å². The van der Waals surface area contributed by atoms with Crippen molar-refractivity contribution in [2.45, 2.75) is 11.5 Å². The maximum absolute atomic E-state index is 13.6. The van der Waals surface area contributed by atoms with Crippen molar-refractivity contribution >= 4 is 31.9 Å². The Hall–Kier alpha value is -1.77. The monoisotopic (exact) mass is 387 g/mol. The van der Waals surface area contributed by atoms with Crippen molar-refractivity contribution in [1.29, 1.82) is 0 Å². The standard InChI is InChI=1S/C14H11BrFNO4S/c15-10-3-1-9(2-4-10)8-21-14(18)12-7-11(22(17,19)20)5-6-13(12)16/h1-7H,8H2,(H2,17,19,20). The Kier molecular flexibility index (Phi) is 4.94. The van der Waals surface area contributed by atoms with E-state index in [1.54, 1.807) is 24.3 Å². The Bertz CT molecular complexity index is 806. The van der Waals surface area contributed by atoms with E-state index < -0.39 is 27.4 Å². The molecule has 0 bridgehead atoms. The van der Waals surface area contributed by atoms with Gasteiger partial charge in [-0.3, -0.25) is 0 Å². The van der Waals surface area contributed by atoms with E-state index in [1.165, 1.54) is 0 Å². The minimum atomic E-state index is -4.03. The van der Waals surface area contributed by atoms with Crippen molar-refractivity contribution in [3.63, 3.8) is 0 Å². The first-order valence-corrected chi connectivity index (χ1v) is 8.35. The van der Waals surface area contributed by atoms with Gasteiger partial charge in [0.1, 0.15) is 12.4 Å². The number of esters is 1. The highest BCUT2D eigenvalue weighted by atomic mass is 79.9. The van der Waals surface area contributed by atoms with Crippen LogP contribution in [0.15, 0.2) is 51.8 Å². The molecular weight excluding hydrogens is 377 g/mol. The van der Waals surface area contributed by atoms with Gasteiger partial charge in [0, 0.05) is 4.47 Å². The van der Waals surface area contributed by atoms with Gasteiger partial charge >= 0.3 is 5.97 Å². The van der Waals surface area contributed by atoms with Gasteiger partial charge in [-0.15, -0.1) is 0 Å². The number of rotatable bonds is 4. The molecule has 0 spiro atoms. The summed E-state index contributed by atoms with van der Waals surface area (Å²) in [4.78, 5) is 11.5. The van der Waals surface area contributed by atoms with Gasteiger partial charge in [0.05, 0.1) is 10.5 Å². The van der Waals surface area contributed by atoms with Crippen LogP contribution in [0.5, 0.6) is 0 Å². The largest absolute Gasteiger partial charge is 0.457 e. The van der Waals surface area contributed by atoms with E-state index in [1.807, 2.05) is 0 Å². The second-order valence-corrected chi connectivity index (χ2v) is 6.87. The van der Waals surface area contributed by atoms with Crippen LogP contribution in [-0.2, 0) is 21.4 Å². The average molecular weight is 388 g/mol. The highest BCUT2D eigenvalue weighted by molar-refractivity contribution is 9.10. The van der Waals surface area contributed by atoms with Crippen LogP contribution >= 0.6 is 15.9 Å². The van der Waals surface area contributed by atoms with Gasteiger partial charge in [-0.2, -0.15) is 0 Å². The number of nitrogens with two attached hydrogens (primary N) is 1. The average Bonchev–Trinajstić information content (AvgIpc) is 2.45. The van der Waals surface area contributed by atoms with Crippen molar-refractivity contribution in [1.82, 2.24) is 0 Å². The number of hydrogen-bond donors (Lipinski definition) is 1. The SMILES string of the molecule is NS(=O)(=O)c1ccc(F)c(C(=O)OCc2ccc(Br)cc2)c1. The number of benzene rings is 2. The number of hydrogen-bond acceptors (Lipinski definition) is 4. The number of primary sulfonamides is 1. The van der Waals surface area contributed by atoms with Crippen LogP contribution < -0.4 is 5.14 Å². The molecule has 116 valence electrons. The maximum Gasteiger partial charge on any atom is 0.341 e. The van der Waals surface area contributed by atoms with Crippen molar-refractivity contribution in [2.24, 2.45) is 5.14 Å². The lowest BCUT2D eigenvalue weighted by molar-refractivity contribution is 0.0467. The van der Waals surface area contributed by atoms with Gasteiger partial charge in [-0.25, -0.2) is 22.7 Å². The van der Waals surface area contributed by atoms with Gasteiger partial charge in [-0.1, -0.05) is 28.1 Å². The third-order valence-corrected chi connectivity index (χ3v) is 4.21. The summed E-state index contributed by atoms with van der Waals surface area (Å²) in [6.07, 6.45) is 0. The zero-order valence-electron chi connectivity index (χ0n) is 11.1. The predicted octanol–water partition coefficient (Wildman–Crippen LogP) is 2.59. The summed E-state index contributed by atoms with van der Waals surface area (Å²) in [7, 11) is -4.03. The molecule has 2 aromatic carbocycles. The van der Waals surface area contributed by atoms with Crippen LogP contribution in [0.2, 0.25) is 0 Å². The molecule has 2 N–H and O–H groups in total. The molecule has 22 heavy (non-hydrogen) atoms. The van der Waals surface area contributed by atoms with Gasteiger partial charge in [0.15, 0.2) is 0 Å². The lowest BCUT2D eigenvalue weighted by Crippen LogP contribution is -2.14. The minimum Gasteiger partial charge on any atom is -0.457 e. The lowest BCUT2D eigenvalue weighted by Gasteiger charge is -2.07. The topological polar surface area (TPSA) is 86.5 Å². The van der Waals surface area contributed by atoms with E-state index in [0.29, 0.717) is 5.56 Å². The highest BCUT2D eigenvalue weighted by Gasteiger charge is 2.18. The molecule has 2 aromatic rings. The summed E-state index contributed by atoms with van der Waals surface area (Å²) >= 11 is 3.27. The Morgan fingerprint density at radius 3 is 2.41 bits per heavy atom. The molecule has 0 aliphatic heterocycles. The first kappa shape index (κ1) is 16.6. The van der Waals surface area contributed by atoms with Crippen molar-refractivity contribution in [2.75, 3.05) is 0 Å². The van der Waals surface area contributed by atoms with Crippen LogP contribution in [0.3, 0.4) is 0 Å². The van der Waals surface area contributed by atoms with E-state index in [0.717, 1.165) is 22.7 Å². The molecule has 0 heterocycles. The van der Waals surface area contributed by atoms with E-state index in [-0.39, 0.29) is 11.5 Å². The van der Waals surface area contributed by atoms with Crippen LogP contribution in [0.25, 0.3) is 0 Å². The number of sulfonamides is 1. The predicted molar refractivity (Wildman–Crippen MR) is 81.0 cm³/mol. The number of halogens is 2. The molecule has 0 saturated carbocycles. The molecule has 0 aromatic heterocycles. The minimum absolute atomic E-state index is 0.0643. The van der Waals surface area contributed by atoms with Gasteiger partial charge < -0.3 is 4.74 Å². The highest BCUT2D eigenvalue weighted by Crippen LogP contribution is 2.16. The molecule has 5 nitrogen and oxygen atoms in total. The summed E-state index contributed by atoms with van der Waals surface area (Å²) in [6.45, 7) is -0.0643.